The molecule has 0 aromatic carbocycles. The standard InChI is InChI=1S/C18H36N2O5S/c1-9-24-15(21)14(19-16(22)25-17(3,4)5)12-10-11-13(2)20-26(23)18(6,7)8/h13-14,20H,9-12H2,1-8H3,(H,19,22)/t13-,14-,26?/m0/s1. The quantitative estimate of drug-likeness (QED) is 0.462. The number of hydrogen-bond donors (Lipinski definition) is 2. The van der Waals surface area contributed by atoms with E-state index < -0.39 is 35.1 Å². The zero-order chi connectivity index (χ0) is 20.5. The van der Waals surface area contributed by atoms with Gasteiger partial charge in [0.25, 0.3) is 0 Å². The molecule has 0 saturated carbocycles. The summed E-state index contributed by atoms with van der Waals surface area (Å²) in [5.74, 6) is -0.475. The minimum absolute atomic E-state index is 0.0273. The number of nitrogens with one attached hydrogen (secondary N) is 2. The molecule has 154 valence electrons. The van der Waals surface area contributed by atoms with Crippen LogP contribution in [-0.4, -0.2) is 45.7 Å². The lowest BCUT2D eigenvalue weighted by Crippen LogP contribution is -2.45. The van der Waals surface area contributed by atoms with Crippen LogP contribution in [0.5, 0.6) is 0 Å². The van der Waals surface area contributed by atoms with Crippen molar-refractivity contribution in [2.45, 2.75) is 97.1 Å². The predicted octanol–water partition coefficient (Wildman–Crippen LogP) is 3.05. The van der Waals surface area contributed by atoms with Crippen LogP contribution in [0.2, 0.25) is 0 Å². The summed E-state index contributed by atoms with van der Waals surface area (Å²) in [5, 5.41) is 2.58. The molecule has 3 atom stereocenters. The van der Waals surface area contributed by atoms with Crippen LogP contribution in [0, 0.1) is 0 Å². The molecule has 0 heterocycles. The van der Waals surface area contributed by atoms with Crippen LogP contribution < -0.4 is 10.0 Å². The molecule has 1 amide bonds. The van der Waals surface area contributed by atoms with Gasteiger partial charge in [-0.15, -0.1) is 4.72 Å². The topological polar surface area (TPSA) is 99.7 Å². The van der Waals surface area contributed by atoms with Crippen molar-refractivity contribution in [3.05, 3.63) is 0 Å². The number of ether oxygens (including phenoxy) is 2. The fourth-order valence-corrected chi connectivity index (χ4v) is 2.83. The maximum atomic E-state index is 12.1. The van der Waals surface area contributed by atoms with Gasteiger partial charge in [0.15, 0.2) is 0 Å². The molecule has 0 spiro atoms. The summed E-state index contributed by atoms with van der Waals surface area (Å²) in [6.07, 6.45) is 1.16. The van der Waals surface area contributed by atoms with Crippen LogP contribution >= 0.6 is 0 Å². The lowest BCUT2D eigenvalue weighted by Gasteiger charge is -2.26. The lowest BCUT2D eigenvalue weighted by molar-refractivity contribution is -0.145. The van der Waals surface area contributed by atoms with Gasteiger partial charge in [-0.2, -0.15) is 0 Å². The van der Waals surface area contributed by atoms with E-state index in [1.807, 2.05) is 27.7 Å². The fraction of sp³-hybridized carbons (Fsp3) is 0.889. The van der Waals surface area contributed by atoms with Crippen LogP contribution in [0.1, 0.15) is 74.7 Å². The van der Waals surface area contributed by atoms with Crippen molar-refractivity contribution < 1.29 is 23.6 Å². The van der Waals surface area contributed by atoms with Crippen molar-refractivity contribution >= 4 is 23.4 Å². The Labute approximate surface area is 161 Å². The number of rotatable bonds is 9. The molecule has 0 radical (unpaired) electrons. The molecule has 7 nitrogen and oxygen atoms in total. The number of amides is 1. The van der Waals surface area contributed by atoms with E-state index in [9.17, 15) is 14.1 Å². The highest BCUT2D eigenvalue weighted by atomic mass is 32.2. The first-order valence-corrected chi connectivity index (χ1v) is 10.3. The lowest BCUT2D eigenvalue weighted by atomic mass is 10.1. The Morgan fingerprint density at radius 1 is 1.12 bits per heavy atom. The molecule has 0 aliphatic carbocycles. The summed E-state index contributed by atoms with van der Waals surface area (Å²) in [4.78, 5) is 24.0. The van der Waals surface area contributed by atoms with Gasteiger partial charge in [-0.05, 0) is 74.7 Å². The van der Waals surface area contributed by atoms with Crippen molar-refractivity contribution in [3.63, 3.8) is 0 Å². The van der Waals surface area contributed by atoms with Gasteiger partial charge >= 0.3 is 12.1 Å². The normalized spacial score (nSPS) is 15.7. The number of esters is 1. The van der Waals surface area contributed by atoms with E-state index in [2.05, 4.69) is 10.0 Å². The van der Waals surface area contributed by atoms with E-state index in [-0.39, 0.29) is 17.4 Å². The van der Waals surface area contributed by atoms with E-state index >= 15 is 0 Å². The molecule has 1 unspecified atom stereocenters. The number of hydrogen-bond acceptors (Lipinski definition) is 6. The minimum atomic E-state index is -1.15. The van der Waals surface area contributed by atoms with Crippen molar-refractivity contribution in [2.24, 2.45) is 0 Å². The highest BCUT2D eigenvalue weighted by molar-refractivity contribution is 7.90. The predicted molar refractivity (Wildman–Crippen MR) is 104 cm³/mol. The van der Waals surface area contributed by atoms with Crippen LogP contribution in [-0.2, 0) is 25.6 Å². The molecule has 0 rings (SSSR count). The second-order valence-corrected chi connectivity index (χ2v) is 10.3. The highest BCUT2D eigenvalue weighted by Gasteiger charge is 2.28. The van der Waals surface area contributed by atoms with Crippen LogP contribution in [0.3, 0.4) is 0 Å². The Morgan fingerprint density at radius 2 is 1.69 bits per heavy atom. The summed E-state index contributed by atoms with van der Waals surface area (Å²) in [5.41, 5.74) is -0.640. The third-order valence-corrected chi connectivity index (χ3v) is 4.99. The van der Waals surface area contributed by atoms with Gasteiger partial charge in [0.2, 0.25) is 0 Å². The Kier molecular flexibility index (Phi) is 10.6. The van der Waals surface area contributed by atoms with E-state index in [0.29, 0.717) is 19.3 Å². The van der Waals surface area contributed by atoms with E-state index in [1.54, 1.807) is 27.7 Å². The van der Waals surface area contributed by atoms with Gasteiger partial charge < -0.3 is 19.3 Å². The van der Waals surface area contributed by atoms with Gasteiger partial charge in [-0.1, -0.05) is 0 Å². The molecule has 0 bridgehead atoms. The summed E-state index contributed by atoms with van der Waals surface area (Å²) < 4.78 is 25.1. The second-order valence-electron chi connectivity index (χ2n) is 8.28. The summed E-state index contributed by atoms with van der Waals surface area (Å²) >= 11 is -1.15. The molecule has 0 aliphatic rings. The SMILES string of the molecule is CCOC(=O)[C@H](CCC[C@H](C)N[S+]([O-])C(C)(C)C)NC(=O)OC(C)(C)C. The first-order chi connectivity index (χ1) is 11.8. The molecular weight excluding hydrogens is 356 g/mol. The average molecular weight is 393 g/mol. The van der Waals surface area contributed by atoms with Crippen molar-refractivity contribution in [1.29, 1.82) is 0 Å². The number of carbonyl (C=O) groups excluding carboxylic acids is 2. The van der Waals surface area contributed by atoms with Gasteiger partial charge in [0, 0.05) is 17.4 Å². The Hall–Kier alpha value is -0.990. The molecule has 0 aromatic rings. The third kappa shape index (κ3) is 11.6. The van der Waals surface area contributed by atoms with Gasteiger partial charge in [-0.3, -0.25) is 0 Å². The molecule has 2 N–H and O–H groups in total. The first kappa shape index (κ1) is 25.0. The minimum Gasteiger partial charge on any atom is -0.598 e. The number of carbonyl (C=O) groups is 2. The molecule has 0 fully saturated rings. The molecule has 0 saturated heterocycles. The van der Waals surface area contributed by atoms with Crippen LogP contribution in [0.15, 0.2) is 0 Å². The zero-order valence-corrected chi connectivity index (χ0v) is 18.2. The number of alkyl carbamates (subject to hydrolysis) is 1. The van der Waals surface area contributed by atoms with Crippen LogP contribution in [0.25, 0.3) is 0 Å². The third-order valence-electron chi connectivity index (χ3n) is 3.26. The smallest absolute Gasteiger partial charge is 0.408 e. The molecule has 8 heteroatoms. The molecule has 26 heavy (non-hydrogen) atoms. The first-order valence-electron chi connectivity index (χ1n) is 9.10. The molecule has 0 aromatic heterocycles. The van der Waals surface area contributed by atoms with Crippen molar-refractivity contribution in [3.8, 4) is 0 Å². The maximum absolute atomic E-state index is 12.1. The van der Waals surface area contributed by atoms with E-state index in [4.69, 9.17) is 9.47 Å². The van der Waals surface area contributed by atoms with Gasteiger partial charge in [0.05, 0.1) is 6.61 Å². The molecule has 0 aliphatic heterocycles. The Morgan fingerprint density at radius 3 is 2.15 bits per heavy atom. The largest absolute Gasteiger partial charge is 0.598 e. The van der Waals surface area contributed by atoms with Crippen LogP contribution in [0.4, 0.5) is 4.79 Å². The average Bonchev–Trinajstić information content (AvgIpc) is 2.43. The van der Waals surface area contributed by atoms with Gasteiger partial charge in [0.1, 0.15) is 16.4 Å². The van der Waals surface area contributed by atoms with E-state index in [0.717, 1.165) is 0 Å². The zero-order valence-electron chi connectivity index (χ0n) is 17.4. The van der Waals surface area contributed by atoms with Crippen molar-refractivity contribution in [1.82, 2.24) is 10.0 Å². The molecular formula is C18H36N2O5S. The summed E-state index contributed by atoms with van der Waals surface area (Å²) in [6, 6.07) is -0.732. The highest BCUT2D eigenvalue weighted by Crippen LogP contribution is 2.15. The fourth-order valence-electron chi connectivity index (χ4n) is 1.99. The summed E-state index contributed by atoms with van der Waals surface area (Å²) in [6.45, 7) is 14.9. The second kappa shape index (κ2) is 11.0. The van der Waals surface area contributed by atoms with Gasteiger partial charge in [-0.25, -0.2) is 9.59 Å². The monoisotopic (exact) mass is 392 g/mol. The Balaban J connectivity index is 4.56. The maximum Gasteiger partial charge on any atom is 0.408 e. The summed E-state index contributed by atoms with van der Waals surface area (Å²) in [7, 11) is 0. The van der Waals surface area contributed by atoms with Crippen molar-refractivity contribution in [2.75, 3.05) is 6.61 Å². The van der Waals surface area contributed by atoms with E-state index in [1.165, 1.54) is 0 Å². The Bertz CT molecular complexity index is 446.